The third kappa shape index (κ3) is 1.27. The van der Waals surface area contributed by atoms with E-state index in [2.05, 4.69) is 4.98 Å². The molecule has 0 spiro atoms. The summed E-state index contributed by atoms with van der Waals surface area (Å²) in [5.74, 6) is 0. The van der Waals surface area contributed by atoms with Gasteiger partial charge < -0.3 is 10.7 Å². The standard InChI is InChI=1S/C9H7ClN2O/c10-5-4-8(13)12-7-3-1-2-6(11)9(5)7/h1-4H,11H2,(H,12,13). The Hall–Kier alpha value is -1.48. The monoisotopic (exact) mass is 194 g/mol. The maximum absolute atomic E-state index is 11.0. The van der Waals surface area contributed by atoms with Crippen LogP contribution in [0.3, 0.4) is 0 Å². The second-order valence-corrected chi connectivity index (χ2v) is 3.16. The molecular weight excluding hydrogens is 188 g/mol. The van der Waals surface area contributed by atoms with E-state index in [4.69, 9.17) is 17.3 Å². The molecule has 0 aliphatic rings. The van der Waals surface area contributed by atoms with Gasteiger partial charge in [0, 0.05) is 17.1 Å². The largest absolute Gasteiger partial charge is 0.398 e. The number of halogens is 1. The van der Waals surface area contributed by atoms with Crippen LogP contribution in [0.4, 0.5) is 5.69 Å². The molecule has 1 aromatic carbocycles. The van der Waals surface area contributed by atoms with Crippen LogP contribution in [0.5, 0.6) is 0 Å². The van der Waals surface area contributed by atoms with Crippen molar-refractivity contribution in [3.05, 3.63) is 39.6 Å². The minimum Gasteiger partial charge on any atom is -0.398 e. The lowest BCUT2D eigenvalue weighted by molar-refractivity contribution is 1.31. The highest BCUT2D eigenvalue weighted by Crippen LogP contribution is 2.25. The molecular formula is C9H7ClN2O. The fourth-order valence-corrected chi connectivity index (χ4v) is 1.61. The molecule has 0 aliphatic heterocycles. The normalized spacial score (nSPS) is 10.5. The van der Waals surface area contributed by atoms with Gasteiger partial charge in [-0.15, -0.1) is 0 Å². The molecule has 1 aromatic heterocycles. The van der Waals surface area contributed by atoms with Crippen LogP contribution in [0.1, 0.15) is 0 Å². The Morgan fingerprint density at radius 2 is 2.15 bits per heavy atom. The summed E-state index contributed by atoms with van der Waals surface area (Å²) in [5, 5.41) is 1.08. The number of nitrogen functional groups attached to an aromatic ring is 1. The number of hydrogen-bond acceptors (Lipinski definition) is 2. The lowest BCUT2D eigenvalue weighted by Gasteiger charge is -2.02. The first-order chi connectivity index (χ1) is 6.18. The van der Waals surface area contributed by atoms with E-state index in [0.29, 0.717) is 21.6 Å². The molecule has 0 unspecified atom stereocenters. The number of H-pyrrole nitrogens is 1. The van der Waals surface area contributed by atoms with Crippen molar-refractivity contribution in [3.63, 3.8) is 0 Å². The zero-order valence-corrected chi connectivity index (χ0v) is 7.43. The number of fused-ring (bicyclic) bond motifs is 1. The van der Waals surface area contributed by atoms with Crippen molar-refractivity contribution in [1.29, 1.82) is 0 Å². The van der Waals surface area contributed by atoms with Gasteiger partial charge >= 0.3 is 0 Å². The molecule has 1 heterocycles. The topological polar surface area (TPSA) is 58.9 Å². The summed E-state index contributed by atoms with van der Waals surface area (Å²) in [6.07, 6.45) is 0. The van der Waals surface area contributed by atoms with Gasteiger partial charge in [-0.2, -0.15) is 0 Å². The fraction of sp³-hybridized carbons (Fsp3) is 0. The molecule has 0 saturated heterocycles. The maximum Gasteiger partial charge on any atom is 0.249 e. The molecule has 0 aliphatic carbocycles. The third-order valence-corrected chi connectivity index (χ3v) is 2.15. The van der Waals surface area contributed by atoms with E-state index < -0.39 is 0 Å². The van der Waals surface area contributed by atoms with Crippen molar-refractivity contribution < 1.29 is 0 Å². The Labute approximate surface area is 79.1 Å². The molecule has 13 heavy (non-hydrogen) atoms. The predicted octanol–water partition coefficient (Wildman–Crippen LogP) is 1.76. The van der Waals surface area contributed by atoms with E-state index in [1.165, 1.54) is 6.07 Å². The summed E-state index contributed by atoms with van der Waals surface area (Å²) >= 11 is 5.87. The average Bonchev–Trinajstić information content (AvgIpc) is 2.02. The van der Waals surface area contributed by atoms with Crippen molar-refractivity contribution in [1.82, 2.24) is 4.98 Å². The van der Waals surface area contributed by atoms with Gasteiger partial charge in [0.25, 0.3) is 0 Å². The highest BCUT2D eigenvalue weighted by molar-refractivity contribution is 6.36. The number of aromatic nitrogens is 1. The van der Waals surface area contributed by atoms with Crippen molar-refractivity contribution >= 4 is 28.2 Å². The Balaban J connectivity index is 3.03. The number of rotatable bonds is 0. The van der Waals surface area contributed by atoms with Crippen molar-refractivity contribution in [2.45, 2.75) is 0 Å². The Morgan fingerprint density at radius 3 is 2.92 bits per heavy atom. The summed E-state index contributed by atoms with van der Waals surface area (Å²) < 4.78 is 0. The first kappa shape index (κ1) is 8.13. The second kappa shape index (κ2) is 2.78. The predicted molar refractivity (Wildman–Crippen MR) is 54.0 cm³/mol. The Kier molecular flexibility index (Phi) is 1.74. The summed E-state index contributed by atoms with van der Waals surface area (Å²) in [4.78, 5) is 13.7. The van der Waals surface area contributed by atoms with Crippen molar-refractivity contribution in [2.75, 3.05) is 5.73 Å². The van der Waals surface area contributed by atoms with Crippen LogP contribution < -0.4 is 11.3 Å². The van der Waals surface area contributed by atoms with E-state index in [1.54, 1.807) is 18.2 Å². The van der Waals surface area contributed by atoms with E-state index in [-0.39, 0.29) is 5.56 Å². The quantitative estimate of drug-likeness (QED) is 0.628. The number of benzene rings is 1. The average molecular weight is 195 g/mol. The second-order valence-electron chi connectivity index (χ2n) is 2.75. The molecule has 66 valence electrons. The first-order valence-corrected chi connectivity index (χ1v) is 4.13. The highest BCUT2D eigenvalue weighted by atomic mass is 35.5. The number of aromatic amines is 1. The molecule has 3 N–H and O–H groups in total. The van der Waals surface area contributed by atoms with Crippen LogP contribution in [0.2, 0.25) is 5.02 Å². The van der Waals surface area contributed by atoms with E-state index in [1.807, 2.05) is 0 Å². The van der Waals surface area contributed by atoms with Gasteiger partial charge in [0.1, 0.15) is 0 Å². The molecule has 4 heteroatoms. The molecule has 2 aromatic rings. The van der Waals surface area contributed by atoms with Crippen molar-refractivity contribution in [3.8, 4) is 0 Å². The van der Waals surface area contributed by atoms with Crippen LogP contribution in [-0.2, 0) is 0 Å². The number of nitrogens with one attached hydrogen (secondary N) is 1. The molecule has 0 saturated carbocycles. The summed E-state index contributed by atoms with van der Waals surface area (Å²) in [7, 11) is 0. The number of hydrogen-bond donors (Lipinski definition) is 2. The number of pyridine rings is 1. The lowest BCUT2D eigenvalue weighted by atomic mass is 10.2. The van der Waals surface area contributed by atoms with Crippen LogP contribution >= 0.6 is 11.6 Å². The van der Waals surface area contributed by atoms with Crippen LogP contribution in [0.25, 0.3) is 10.9 Å². The minimum atomic E-state index is -0.219. The number of anilines is 1. The smallest absolute Gasteiger partial charge is 0.249 e. The van der Waals surface area contributed by atoms with Gasteiger partial charge in [-0.25, -0.2) is 0 Å². The van der Waals surface area contributed by atoms with Crippen LogP contribution in [0.15, 0.2) is 29.1 Å². The molecule has 0 bridgehead atoms. The minimum absolute atomic E-state index is 0.219. The van der Waals surface area contributed by atoms with Gasteiger partial charge in [-0.05, 0) is 12.1 Å². The third-order valence-electron chi connectivity index (χ3n) is 1.85. The molecule has 0 radical (unpaired) electrons. The zero-order chi connectivity index (χ0) is 9.42. The van der Waals surface area contributed by atoms with Gasteiger partial charge in [0.15, 0.2) is 0 Å². The van der Waals surface area contributed by atoms with Gasteiger partial charge in [-0.3, -0.25) is 4.79 Å². The summed E-state index contributed by atoms with van der Waals surface area (Å²) in [6, 6.07) is 6.59. The van der Waals surface area contributed by atoms with Crippen molar-refractivity contribution in [2.24, 2.45) is 0 Å². The first-order valence-electron chi connectivity index (χ1n) is 3.75. The van der Waals surface area contributed by atoms with E-state index in [9.17, 15) is 4.79 Å². The van der Waals surface area contributed by atoms with Crippen LogP contribution in [-0.4, -0.2) is 4.98 Å². The van der Waals surface area contributed by atoms with Gasteiger partial charge in [0.2, 0.25) is 5.56 Å². The van der Waals surface area contributed by atoms with Gasteiger partial charge in [0.05, 0.1) is 10.5 Å². The lowest BCUT2D eigenvalue weighted by Crippen LogP contribution is -2.04. The molecule has 0 fully saturated rings. The molecule has 0 amide bonds. The Morgan fingerprint density at radius 1 is 1.38 bits per heavy atom. The molecule has 0 atom stereocenters. The fourth-order valence-electron chi connectivity index (χ4n) is 1.30. The summed E-state index contributed by atoms with van der Waals surface area (Å²) in [6.45, 7) is 0. The van der Waals surface area contributed by atoms with Crippen LogP contribution in [0, 0.1) is 0 Å². The van der Waals surface area contributed by atoms with E-state index in [0.717, 1.165) is 0 Å². The van der Waals surface area contributed by atoms with E-state index >= 15 is 0 Å². The maximum atomic E-state index is 11.0. The highest BCUT2D eigenvalue weighted by Gasteiger charge is 2.03. The SMILES string of the molecule is Nc1cccc2[nH]c(=O)cc(Cl)c12. The number of nitrogens with two attached hydrogens (primary N) is 1. The molecule has 3 nitrogen and oxygen atoms in total. The Bertz CT molecular complexity index is 518. The molecule has 2 rings (SSSR count). The zero-order valence-electron chi connectivity index (χ0n) is 6.67. The summed E-state index contributed by atoms with van der Waals surface area (Å²) in [5.41, 5.74) is 6.71. The van der Waals surface area contributed by atoms with Gasteiger partial charge in [-0.1, -0.05) is 17.7 Å².